The van der Waals surface area contributed by atoms with Gasteiger partial charge in [-0.3, -0.25) is 5.41 Å². The Labute approximate surface area is 282 Å². The summed E-state index contributed by atoms with van der Waals surface area (Å²) < 4.78 is 4.22. The molecule has 5 aromatic rings. The molecule has 2 N–H and O–H groups in total. The van der Waals surface area contributed by atoms with Crippen LogP contribution in [0.2, 0.25) is 0 Å². The van der Waals surface area contributed by atoms with Gasteiger partial charge >= 0.3 is 5.97 Å². The molecular formula is C39H28N4O2S2. The summed E-state index contributed by atoms with van der Waals surface area (Å²) in [4.78, 5) is 15.6. The van der Waals surface area contributed by atoms with Gasteiger partial charge in [0.1, 0.15) is 17.4 Å². The largest absolute Gasteiger partial charge is 0.477 e. The molecule has 0 spiro atoms. The molecule has 1 heterocycles. The molecule has 0 aliphatic heterocycles. The SMILES string of the molecule is Cc1cc(C2=CC=C(c3ccc(/C=C(\C#N)C(=O)O)cc3)C(=N)C2=NS)sc1-c1ccc(N(c2ccccc2)c2ccccc2)cc1. The number of carboxylic acid groups (broad SMARTS) is 1. The Morgan fingerprint density at radius 3 is 1.96 bits per heavy atom. The summed E-state index contributed by atoms with van der Waals surface area (Å²) >= 11 is 5.90. The van der Waals surface area contributed by atoms with E-state index >= 15 is 0 Å². The molecule has 1 aliphatic rings. The van der Waals surface area contributed by atoms with Crippen LogP contribution in [0.1, 0.15) is 21.6 Å². The number of para-hydroxylation sites is 2. The van der Waals surface area contributed by atoms with Gasteiger partial charge in [-0.2, -0.15) is 5.26 Å². The highest BCUT2D eigenvalue weighted by atomic mass is 32.1. The summed E-state index contributed by atoms with van der Waals surface area (Å²) in [6.07, 6.45) is 5.18. The van der Waals surface area contributed by atoms with Gasteiger partial charge in [-0.15, -0.1) is 11.3 Å². The molecule has 6 nitrogen and oxygen atoms in total. The number of aliphatic carboxylic acids is 1. The van der Waals surface area contributed by atoms with Gasteiger partial charge < -0.3 is 10.0 Å². The third-order valence-corrected chi connectivity index (χ3v) is 9.28. The highest BCUT2D eigenvalue weighted by molar-refractivity contribution is 7.79. The molecule has 1 aliphatic carbocycles. The number of thiol groups is 1. The number of aryl methyl sites for hydroxylation is 1. The van der Waals surface area contributed by atoms with Crippen molar-refractivity contribution in [2.24, 2.45) is 4.40 Å². The number of allylic oxidation sites excluding steroid dienone is 4. The summed E-state index contributed by atoms with van der Waals surface area (Å²) in [7, 11) is 0. The first-order valence-corrected chi connectivity index (χ1v) is 15.9. The van der Waals surface area contributed by atoms with Crippen molar-refractivity contribution in [2.45, 2.75) is 6.92 Å². The smallest absolute Gasteiger partial charge is 0.346 e. The third-order valence-electron chi connectivity index (χ3n) is 7.76. The van der Waals surface area contributed by atoms with Gasteiger partial charge in [0.05, 0.1) is 5.71 Å². The van der Waals surface area contributed by atoms with Crippen LogP contribution in [0.25, 0.3) is 27.7 Å². The Hall–Kier alpha value is -5.75. The maximum Gasteiger partial charge on any atom is 0.346 e. The van der Waals surface area contributed by atoms with Crippen LogP contribution in [0.5, 0.6) is 0 Å². The molecule has 8 heteroatoms. The van der Waals surface area contributed by atoms with Crippen LogP contribution in [0.3, 0.4) is 0 Å². The molecule has 6 rings (SSSR count). The molecule has 0 fully saturated rings. The van der Waals surface area contributed by atoms with Crippen molar-refractivity contribution in [3.63, 3.8) is 0 Å². The quantitative estimate of drug-likeness (QED) is 0.0675. The molecular weight excluding hydrogens is 621 g/mol. The maximum absolute atomic E-state index is 11.2. The van der Waals surface area contributed by atoms with Gasteiger partial charge in [0.25, 0.3) is 0 Å². The lowest BCUT2D eigenvalue weighted by Gasteiger charge is -2.25. The van der Waals surface area contributed by atoms with E-state index in [1.54, 1.807) is 41.7 Å². The molecule has 1 aromatic heterocycles. The standard InChI is InChI=1S/C39H28N4O2S2/c1-25-22-35(34-21-20-33(36(41)37(34)42-46)27-14-12-26(13-15-27)23-29(24-40)39(44)45)47-38(25)28-16-18-32(19-17-28)43(30-8-4-2-5-9-30)31-10-6-3-7-11-31/h2-23,41,46H,1H3,(H,44,45)/b29-23+,41-36?,42-37?. The zero-order valence-corrected chi connectivity index (χ0v) is 27.0. The number of thiophene rings is 1. The topological polar surface area (TPSA) is 101 Å². The fourth-order valence-corrected chi connectivity index (χ4v) is 6.88. The number of hydrogen-bond donors (Lipinski definition) is 3. The van der Waals surface area contributed by atoms with E-state index < -0.39 is 5.97 Å². The number of carbonyl (C=O) groups is 1. The van der Waals surface area contributed by atoms with Crippen LogP contribution < -0.4 is 4.90 Å². The molecule has 47 heavy (non-hydrogen) atoms. The number of nitriles is 1. The normalized spacial score (nSPS) is 13.9. The van der Waals surface area contributed by atoms with Crippen molar-refractivity contribution in [1.29, 1.82) is 10.7 Å². The summed E-state index contributed by atoms with van der Waals surface area (Å²) in [6, 6.07) is 40.1. The zero-order valence-electron chi connectivity index (χ0n) is 25.3. The van der Waals surface area contributed by atoms with E-state index in [-0.39, 0.29) is 11.3 Å². The van der Waals surface area contributed by atoms with Crippen molar-refractivity contribution < 1.29 is 9.90 Å². The van der Waals surface area contributed by atoms with Gasteiger partial charge in [0.15, 0.2) is 0 Å². The van der Waals surface area contributed by atoms with Crippen LogP contribution >= 0.6 is 24.2 Å². The fraction of sp³-hybridized carbons (Fsp3) is 0.0256. The lowest BCUT2D eigenvalue weighted by molar-refractivity contribution is -0.132. The summed E-state index contributed by atoms with van der Waals surface area (Å²) in [5.74, 6) is -1.28. The maximum atomic E-state index is 11.2. The van der Waals surface area contributed by atoms with Crippen LogP contribution in [0.15, 0.2) is 137 Å². The zero-order chi connectivity index (χ0) is 32.9. The second-order valence-electron chi connectivity index (χ2n) is 10.8. The van der Waals surface area contributed by atoms with Gasteiger partial charge in [-0.05, 0) is 90.5 Å². The summed E-state index contributed by atoms with van der Waals surface area (Å²) in [5.41, 5.74) is 8.66. The Kier molecular flexibility index (Phi) is 9.11. The van der Waals surface area contributed by atoms with Gasteiger partial charge in [0, 0.05) is 38.0 Å². The minimum atomic E-state index is -1.28. The second kappa shape index (κ2) is 13.7. The van der Waals surface area contributed by atoms with Crippen molar-refractivity contribution in [1.82, 2.24) is 0 Å². The minimum Gasteiger partial charge on any atom is -0.477 e. The number of rotatable bonds is 8. The molecule has 0 saturated heterocycles. The first-order chi connectivity index (χ1) is 22.9. The number of carboxylic acids is 1. The van der Waals surface area contributed by atoms with E-state index in [0.717, 1.165) is 49.1 Å². The summed E-state index contributed by atoms with van der Waals surface area (Å²) in [6.45, 7) is 2.09. The Balaban J connectivity index is 1.29. The first-order valence-electron chi connectivity index (χ1n) is 14.7. The Morgan fingerprint density at radius 1 is 0.851 bits per heavy atom. The fourth-order valence-electron chi connectivity index (χ4n) is 5.47. The van der Waals surface area contributed by atoms with E-state index in [1.165, 1.54) is 6.08 Å². The van der Waals surface area contributed by atoms with Crippen molar-refractivity contribution in [3.05, 3.63) is 155 Å². The molecule has 0 atom stereocenters. The van der Waals surface area contributed by atoms with Crippen LogP contribution in [-0.4, -0.2) is 22.5 Å². The van der Waals surface area contributed by atoms with Crippen LogP contribution in [0, 0.1) is 23.7 Å². The second-order valence-corrected chi connectivity index (χ2v) is 12.0. The molecule has 0 amide bonds. The molecule has 228 valence electrons. The number of benzene rings is 4. The molecule has 0 saturated carbocycles. The lowest BCUT2D eigenvalue weighted by Crippen LogP contribution is -2.18. The van der Waals surface area contributed by atoms with Crippen LogP contribution in [-0.2, 0) is 4.79 Å². The summed E-state index contributed by atoms with van der Waals surface area (Å²) in [5, 5.41) is 27.2. The van der Waals surface area contributed by atoms with Crippen molar-refractivity contribution >= 4 is 75.8 Å². The Bertz CT molecular complexity index is 2100. The van der Waals surface area contributed by atoms with E-state index in [4.69, 9.17) is 15.8 Å². The average molecular weight is 649 g/mol. The number of nitrogens with zero attached hydrogens (tertiary/aromatic N) is 3. The molecule has 4 aromatic carbocycles. The highest BCUT2D eigenvalue weighted by Crippen LogP contribution is 2.40. The van der Waals surface area contributed by atoms with Crippen molar-refractivity contribution in [3.8, 4) is 16.5 Å². The molecule has 0 bridgehead atoms. The number of anilines is 3. The first kappa shape index (κ1) is 31.2. The monoisotopic (exact) mass is 648 g/mol. The predicted molar refractivity (Wildman–Crippen MR) is 197 cm³/mol. The van der Waals surface area contributed by atoms with E-state index in [9.17, 15) is 4.79 Å². The third kappa shape index (κ3) is 6.49. The Morgan fingerprint density at radius 2 is 1.40 bits per heavy atom. The van der Waals surface area contributed by atoms with Gasteiger partial charge in [-0.1, -0.05) is 84.9 Å². The van der Waals surface area contributed by atoms with E-state index in [0.29, 0.717) is 16.8 Å². The van der Waals surface area contributed by atoms with E-state index in [1.807, 2.05) is 48.6 Å². The lowest BCUT2D eigenvalue weighted by atomic mass is 9.88. The minimum absolute atomic E-state index is 0.239. The molecule has 0 radical (unpaired) electrons. The van der Waals surface area contributed by atoms with E-state index in [2.05, 4.69) is 83.6 Å². The van der Waals surface area contributed by atoms with Gasteiger partial charge in [0.2, 0.25) is 0 Å². The predicted octanol–water partition coefficient (Wildman–Crippen LogP) is 9.97. The van der Waals surface area contributed by atoms with Gasteiger partial charge in [-0.25, -0.2) is 9.19 Å². The number of hydrogen-bond acceptors (Lipinski definition) is 7. The number of nitrogens with one attached hydrogen (secondary N) is 1. The van der Waals surface area contributed by atoms with Crippen LogP contribution in [0.4, 0.5) is 17.1 Å². The van der Waals surface area contributed by atoms with Crippen molar-refractivity contribution in [2.75, 3.05) is 4.90 Å². The highest BCUT2D eigenvalue weighted by Gasteiger charge is 2.25. The molecule has 0 unspecified atom stereocenters. The average Bonchev–Trinajstić information content (AvgIpc) is 3.49.